The first-order chi connectivity index (χ1) is 26.7. The van der Waals surface area contributed by atoms with Crippen LogP contribution in [0, 0.1) is 6.92 Å². The Morgan fingerprint density at radius 2 is 1.17 bits per heavy atom. The second-order valence-electron chi connectivity index (χ2n) is 13.9. The van der Waals surface area contributed by atoms with E-state index < -0.39 is 0 Å². The molecule has 0 radical (unpaired) electrons. The van der Waals surface area contributed by atoms with Crippen LogP contribution >= 0.6 is 0 Å². The summed E-state index contributed by atoms with van der Waals surface area (Å²) < 4.78 is 4.64. The molecule has 0 atom stereocenters. The average Bonchev–Trinajstić information content (AvgIpc) is 3.91. The number of aromatic nitrogens is 5. The maximum absolute atomic E-state index is 5.54. The summed E-state index contributed by atoms with van der Waals surface area (Å²) in [5, 5.41) is 4.79. The van der Waals surface area contributed by atoms with Crippen LogP contribution in [0.4, 0.5) is 0 Å². The van der Waals surface area contributed by atoms with Gasteiger partial charge in [-0.3, -0.25) is 9.13 Å². The van der Waals surface area contributed by atoms with Crippen LogP contribution in [0.15, 0.2) is 176 Å². The van der Waals surface area contributed by atoms with Gasteiger partial charge in [-0.1, -0.05) is 121 Å². The van der Waals surface area contributed by atoms with Gasteiger partial charge in [-0.2, -0.15) is 0 Å². The van der Waals surface area contributed by atoms with Crippen molar-refractivity contribution in [1.82, 2.24) is 24.1 Å². The summed E-state index contributed by atoms with van der Waals surface area (Å²) in [6.07, 6.45) is 1.93. The number of fused-ring (bicyclic) bond motifs is 7. The lowest BCUT2D eigenvalue weighted by Gasteiger charge is -2.14. The number of hydrogen-bond acceptors (Lipinski definition) is 2. The van der Waals surface area contributed by atoms with E-state index in [2.05, 4.69) is 191 Å². The lowest BCUT2D eigenvalue weighted by atomic mass is 10.0. The number of nitrogens with one attached hydrogen (secondary N) is 1. The summed E-state index contributed by atoms with van der Waals surface area (Å²) in [4.78, 5) is 14.3. The molecule has 11 aromatic rings. The quantitative estimate of drug-likeness (QED) is 0.195. The third kappa shape index (κ3) is 4.52. The maximum atomic E-state index is 5.54. The van der Waals surface area contributed by atoms with E-state index in [9.17, 15) is 0 Å². The van der Waals surface area contributed by atoms with E-state index in [-0.39, 0.29) is 0 Å². The van der Waals surface area contributed by atoms with Gasteiger partial charge in [0.1, 0.15) is 11.6 Å². The smallest absolute Gasteiger partial charge is 0.147 e. The number of nitrogens with zero attached hydrogens (tertiary/aromatic N) is 4. The summed E-state index contributed by atoms with van der Waals surface area (Å²) in [6, 6.07) is 60.3. The average molecular weight is 692 g/mol. The second kappa shape index (κ2) is 11.9. The number of pyridine rings is 1. The Balaban J connectivity index is 1.17. The molecule has 7 aromatic carbocycles. The van der Waals surface area contributed by atoms with Gasteiger partial charge in [0.05, 0.1) is 27.6 Å². The molecule has 0 amide bonds. The van der Waals surface area contributed by atoms with Crippen LogP contribution in [0.2, 0.25) is 0 Å². The molecule has 4 heterocycles. The van der Waals surface area contributed by atoms with E-state index >= 15 is 0 Å². The van der Waals surface area contributed by atoms with Crippen LogP contribution in [0.1, 0.15) is 5.56 Å². The van der Waals surface area contributed by atoms with Crippen molar-refractivity contribution in [3.63, 3.8) is 0 Å². The highest BCUT2D eigenvalue weighted by atomic mass is 15.1. The van der Waals surface area contributed by atoms with Crippen molar-refractivity contribution < 1.29 is 0 Å². The molecule has 54 heavy (non-hydrogen) atoms. The number of rotatable bonds is 5. The first-order valence-corrected chi connectivity index (χ1v) is 18.3. The van der Waals surface area contributed by atoms with Crippen LogP contribution in [-0.2, 0) is 0 Å². The third-order valence-electron chi connectivity index (χ3n) is 10.9. The fraction of sp³-hybridized carbons (Fsp3) is 0.0204. The molecule has 11 rings (SSSR count). The van der Waals surface area contributed by atoms with E-state index in [1.54, 1.807) is 0 Å². The Hall–Kier alpha value is -7.24. The normalized spacial score (nSPS) is 11.8. The first kappa shape index (κ1) is 30.4. The number of para-hydroxylation sites is 5. The summed E-state index contributed by atoms with van der Waals surface area (Å²) in [5.41, 5.74) is 14.2. The van der Waals surface area contributed by atoms with Gasteiger partial charge >= 0.3 is 0 Å². The van der Waals surface area contributed by atoms with Gasteiger partial charge in [0.25, 0.3) is 0 Å². The maximum Gasteiger partial charge on any atom is 0.147 e. The highest BCUT2D eigenvalue weighted by molar-refractivity contribution is 6.13. The summed E-state index contributed by atoms with van der Waals surface area (Å²) in [6.45, 7) is 2.18. The standard InChI is InChI=1S/C49H33N5/c1-31-35(32-14-4-2-5-15-32)28-29-50-48(31)54-43-24-11-9-19-38(43)39-27-26-33(30-45(39)54)36-20-13-25-44-47(36)52-49(53(44)34-16-6-3-7-17-34)41-22-12-21-40-37-18-8-10-23-42(37)51-46(40)41/h2-30,51H,1H3. The van der Waals surface area contributed by atoms with Crippen molar-refractivity contribution in [2.75, 3.05) is 0 Å². The first-order valence-electron chi connectivity index (χ1n) is 18.3. The Kier molecular flexibility index (Phi) is 6.70. The Bertz CT molecular complexity index is 3220. The van der Waals surface area contributed by atoms with Gasteiger partial charge in [-0.05, 0) is 72.1 Å². The van der Waals surface area contributed by atoms with E-state index in [1.807, 2.05) is 6.20 Å². The lowest BCUT2D eigenvalue weighted by molar-refractivity contribution is 1.05. The van der Waals surface area contributed by atoms with Crippen LogP contribution in [0.3, 0.4) is 0 Å². The molecule has 0 saturated heterocycles. The molecule has 0 aliphatic carbocycles. The molecular formula is C49H33N5. The highest BCUT2D eigenvalue weighted by Crippen LogP contribution is 2.41. The largest absolute Gasteiger partial charge is 0.354 e. The zero-order valence-corrected chi connectivity index (χ0v) is 29.5. The monoisotopic (exact) mass is 691 g/mol. The highest BCUT2D eigenvalue weighted by Gasteiger charge is 2.22. The van der Waals surface area contributed by atoms with Gasteiger partial charge in [0, 0.05) is 55.6 Å². The fourth-order valence-electron chi connectivity index (χ4n) is 8.46. The minimum atomic E-state index is 0.897. The number of hydrogen-bond donors (Lipinski definition) is 1. The minimum absolute atomic E-state index is 0.897. The second-order valence-corrected chi connectivity index (χ2v) is 13.9. The predicted octanol–water partition coefficient (Wildman–Crippen LogP) is 12.5. The fourth-order valence-corrected chi connectivity index (χ4v) is 8.46. The van der Waals surface area contributed by atoms with Crippen molar-refractivity contribution in [3.05, 3.63) is 182 Å². The Morgan fingerprint density at radius 3 is 2.04 bits per heavy atom. The van der Waals surface area contributed by atoms with Crippen molar-refractivity contribution in [2.24, 2.45) is 0 Å². The van der Waals surface area contributed by atoms with E-state index in [4.69, 9.17) is 9.97 Å². The van der Waals surface area contributed by atoms with Crippen molar-refractivity contribution >= 4 is 54.6 Å². The molecule has 1 N–H and O–H groups in total. The van der Waals surface area contributed by atoms with Crippen molar-refractivity contribution in [3.8, 4) is 45.1 Å². The number of H-pyrrole nitrogens is 1. The van der Waals surface area contributed by atoms with E-state index in [1.165, 1.54) is 32.7 Å². The number of aromatic amines is 1. The minimum Gasteiger partial charge on any atom is -0.354 e. The molecular weight excluding hydrogens is 659 g/mol. The van der Waals surface area contributed by atoms with Gasteiger partial charge in [0.15, 0.2) is 0 Å². The Labute approximate surface area is 311 Å². The molecule has 0 bridgehead atoms. The molecule has 4 aromatic heterocycles. The predicted molar refractivity (Wildman–Crippen MR) is 224 cm³/mol. The van der Waals surface area contributed by atoms with Gasteiger partial charge in [0.2, 0.25) is 0 Å². The van der Waals surface area contributed by atoms with Crippen molar-refractivity contribution in [2.45, 2.75) is 6.92 Å². The molecule has 0 unspecified atom stereocenters. The van der Waals surface area contributed by atoms with Crippen molar-refractivity contribution in [1.29, 1.82) is 0 Å². The van der Waals surface area contributed by atoms with Crippen LogP contribution in [0.25, 0.3) is 99.8 Å². The van der Waals surface area contributed by atoms with E-state index in [0.29, 0.717) is 0 Å². The van der Waals surface area contributed by atoms with Gasteiger partial charge < -0.3 is 4.98 Å². The molecule has 5 heteroatoms. The summed E-state index contributed by atoms with van der Waals surface area (Å²) in [5.74, 6) is 1.83. The topological polar surface area (TPSA) is 51.4 Å². The SMILES string of the molecule is Cc1c(-c2ccccc2)ccnc1-n1c2ccccc2c2ccc(-c3cccc4c3nc(-c3cccc5c3[nH]c3ccccc35)n4-c3ccccc3)cc21. The molecule has 0 spiro atoms. The summed E-state index contributed by atoms with van der Waals surface area (Å²) in [7, 11) is 0. The van der Waals surface area contributed by atoms with Crippen LogP contribution in [-0.4, -0.2) is 24.1 Å². The zero-order valence-electron chi connectivity index (χ0n) is 29.5. The van der Waals surface area contributed by atoms with E-state index in [0.717, 1.165) is 72.7 Å². The van der Waals surface area contributed by atoms with Gasteiger partial charge in [-0.15, -0.1) is 0 Å². The molecule has 0 aliphatic heterocycles. The van der Waals surface area contributed by atoms with Crippen LogP contribution in [0.5, 0.6) is 0 Å². The molecule has 0 fully saturated rings. The molecule has 0 saturated carbocycles. The molecule has 0 aliphatic rings. The van der Waals surface area contributed by atoms with Crippen LogP contribution < -0.4 is 0 Å². The van der Waals surface area contributed by atoms with Gasteiger partial charge in [-0.25, -0.2) is 9.97 Å². The molecule has 5 nitrogen and oxygen atoms in total. The molecule has 254 valence electrons. The number of benzene rings is 7. The summed E-state index contributed by atoms with van der Waals surface area (Å²) >= 11 is 0. The lowest BCUT2D eigenvalue weighted by Crippen LogP contribution is -2.02. The third-order valence-corrected chi connectivity index (χ3v) is 10.9. The Morgan fingerprint density at radius 1 is 0.481 bits per heavy atom. The number of imidazole rings is 1. The zero-order chi connectivity index (χ0) is 35.8.